The van der Waals surface area contributed by atoms with E-state index in [1.165, 1.54) is 6.07 Å². The van der Waals surface area contributed by atoms with Crippen molar-refractivity contribution in [3.63, 3.8) is 0 Å². The zero-order valence-corrected chi connectivity index (χ0v) is 15.8. The number of benzene rings is 2. The van der Waals surface area contributed by atoms with E-state index in [0.29, 0.717) is 17.8 Å². The van der Waals surface area contributed by atoms with Gasteiger partial charge >= 0.3 is 0 Å². The second-order valence-electron chi connectivity index (χ2n) is 7.23. The third-order valence-electron chi connectivity index (χ3n) is 5.11. The van der Waals surface area contributed by atoms with Gasteiger partial charge in [0.15, 0.2) is 0 Å². The lowest BCUT2D eigenvalue weighted by Gasteiger charge is -2.35. The van der Waals surface area contributed by atoms with Gasteiger partial charge in [-0.25, -0.2) is 9.37 Å². The van der Waals surface area contributed by atoms with Gasteiger partial charge in [-0.15, -0.1) is 0 Å². The molecule has 28 heavy (non-hydrogen) atoms. The highest BCUT2D eigenvalue weighted by Gasteiger charge is 2.24. The molecule has 1 aliphatic heterocycles. The van der Waals surface area contributed by atoms with Crippen LogP contribution in [-0.2, 0) is 0 Å². The minimum atomic E-state index is -0.217. The number of carbonyl (C=O) groups is 1. The van der Waals surface area contributed by atoms with Crippen molar-refractivity contribution in [2.45, 2.75) is 25.8 Å². The number of hydrogen-bond acceptors (Lipinski definition) is 3. The summed E-state index contributed by atoms with van der Waals surface area (Å²) in [4.78, 5) is 18.8. The third-order valence-corrected chi connectivity index (χ3v) is 5.11. The standard InChI is InChI=1S/C22H23FN4O/c1-16-7-8-20(23)21(12-16)26-10-3-5-18(14-26)25-22(28)17-4-2-6-19(13-17)27-11-9-24-15-27/h2,4,6-9,11-13,15,18H,3,5,10,14H2,1H3,(H,25,28). The normalized spacial score (nSPS) is 16.8. The maximum atomic E-state index is 14.3. The average Bonchev–Trinajstić information content (AvgIpc) is 3.25. The second kappa shape index (κ2) is 7.84. The van der Waals surface area contributed by atoms with Gasteiger partial charge in [-0.2, -0.15) is 0 Å². The van der Waals surface area contributed by atoms with Gasteiger partial charge in [0.2, 0.25) is 0 Å². The summed E-state index contributed by atoms with van der Waals surface area (Å²) in [6.45, 7) is 3.36. The van der Waals surface area contributed by atoms with Crippen molar-refractivity contribution >= 4 is 11.6 Å². The summed E-state index contributed by atoms with van der Waals surface area (Å²) in [5, 5.41) is 3.11. The lowest BCUT2D eigenvalue weighted by atomic mass is 10.0. The first-order valence-electron chi connectivity index (χ1n) is 9.50. The molecule has 1 aromatic heterocycles. The van der Waals surface area contributed by atoms with E-state index in [4.69, 9.17) is 0 Å². The van der Waals surface area contributed by atoms with Gasteiger partial charge in [0, 0.05) is 42.8 Å². The molecule has 0 spiro atoms. The van der Waals surface area contributed by atoms with Crippen LogP contribution in [0.25, 0.3) is 5.69 Å². The molecule has 3 aromatic rings. The number of halogens is 1. The first-order valence-corrected chi connectivity index (χ1v) is 9.50. The van der Waals surface area contributed by atoms with E-state index in [9.17, 15) is 9.18 Å². The van der Waals surface area contributed by atoms with Crippen LogP contribution < -0.4 is 10.2 Å². The number of nitrogens with one attached hydrogen (secondary N) is 1. The van der Waals surface area contributed by atoms with Crippen LogP contribution in [0, 0.1) is 12.7 Å². The highest BCUT2D eigenvalue weighted by Crippen LogP contribution is 2.24. The predicted octanol–water partition coefficient (Wildman–Crippen LogP) is 3.72. The Kier molecular flexibility index (Phi) is 5.10. The number of aromatic nitrogens is 2. The topological polar surface area (TPSA) is 50.2 Å². The molecule has 0 saturated carbocycles. The molecule has 6 heteroatoms. The van der Waals surface area contributed by atoms with Gasteiger partial charge in [0.25, 0.3) is 5.91 Å². The molecule has 1 N–H and O–H groups in total. The van der Waals surface area contributed by atoms with E-state index in [1.807, 2.05) is 46.9 Å². The molecule has 2 aromatic carbocycles. The van der Waals surface area contributed by atoms with Crippen molar-refractivity contribution in [2.24, 2.45) is 0 Å². The molecule has 1 unspecified atom stereocenters. The van der Waals surface area contributed by atoms with Crippen molar-refractivity contribution in [1.29, 1.82) is 0 Å². The molecule has 0 radical (unpaired) electrons. The maximum absolute atomic E-state index is 14.3. The Morgan fingerprint density at radius 3 is 2.96 bits per heavy atom. The van der Waals surface area contributed by atoms with Gasteiger partial charge < -0.3 is 14.8 Å². The van der Waals surface area contributed by atoms with E-state index >= 15 is 0 Å². The monoisotopic (exact) mass is 378 g/mol. The van der Waals surface area contributed by atoms with Crippen LogP contribution in [0.15, 0.2) is 61.2 Å². The van der Waals surface area contributed by atoms with E-state index in [-0.39, 0.29) is 17.8 Å². The van der Waals surface area contributed by atoms with Crippen LogP contribution in [0.1, 0.15) is 28.8 Å². The molecule has 4 rings (SSSR count). The van der Waals surface area contributed by atoms with Gasteiger partial charge in [-0.05, 0) is 55.7 Å². The minimum absolute atomic E-state index is 0.0157. The van der Waals surface area contributed by atoms with Crippen molar-refractivity contribution in [3.8, 4) is 5.69 Å². The van der Waals surface area contributed by atoms with Gasteiger partial charge in [0.1, 0.15) is 5.82 Å². The number of carbonyl (C=O) groups excluding carboxylic acids is 1. The summed E-state index contributed by atoms with van der Waals surface area (Å²) >= 11 is 0. The molecule has 0 bridgehead atoms. The minimum Gasteiger partial charge on any atom is -0.367 e. The second-order valence-corrected chi connectivity index (χ2v) is 7.23. The highest BCUT2D eigenvalue weighted by molar-refractivity contribution is 5.95. The molecular formula is C22H23FN4O. The molecule has 0 aliphatic carbocycles. The summed E-state index contributed by atoms with van der Waals surface area (Å²) in [7, 11) is 0. The molecule has 1 fully saturated rings. The molecule has 1 aliphatic rings. The van der Waals surface area contributed by atoms with Crippen LogP contribution in [-0.4, -0.2) is 34.6 Å². The molecule has 144 valence electrons. The number of nitrogens with zero attached hydrogens (tertiary/aromatic N) is 3. The molecule has 2 heterocycles. The van der Waals surface area contributed by atoms with Crippen LogP contribution in [0.3, 0.4) is 0 Å². The van der Waals surface area contributed by atoms with Crippen molar-refractivity contribution < 1.29 is 9.18 Å². The SMILES string of the molecule is Cc1ccc(F)c(N2CCCC(NC(=O)c3cccc(-n4ccnc4)c3)C2)c1. The van der Waals surface area contributed by atoms with Gasteiger partial charge in [-0.3, -0.25) is 4.79 Å². The molecule has 5 nitrogen and oxygen atoms in total. The molecular weight excluding hydrogens is 355 g/mol. The number of hydrogen-bond donors (Lipinski definition) is 1. The molecule has 1 saturated heterocycles. The van der Waals surface area contributed by atoms with Gasteiger partial charge in [0.05, 0.1) is 12.0 Å². The van der Waals surface area contributed by atoms with Crippen LogP contribution >= 0.6 is 0 Å². The number of rotatable bonds is 4. The fourth-order valence-corrected chi connectivity index (χ4v) is 3.67. The maximum Gasteiger partial charge on any atom is 0.251 e. The first kappa shape index (κ1) is 18.2. The molecule has 1 amide bonds. The van der Waals surface area contributed by atoms with E-state index < -0.39 is 0 Å². The van der Waals surface area contributed by atoms with Crippen molar-refractivity contribution in [3.05, 3.63) is 78.1 Å². The average molecular weight is 378 g/mol. The van der Waals surface area contributed by atoms with Crippen molar-refractivity contribution in [2.75, 3.05) is 18.0 Å². The number of imidazole rings is 1. The summed E-state index contributed by atoms with van der Waals surface area (Å²) < 4.78 is 16.1. The third kappa shape index (κ3) is 3.91. The number of aryl methyl sites for hydroxylation is 1. The van der Waals surface area contributed by atoms with Crippen LogP contribution in [0.5, 0.6) is 0 Å². The van der Waals surface area contributed by atoms with Crippen molar-refractivity contribution in [1.82, 2.24) is 14.9 Å². The predicted molar refractivity (Wildman–Crippen MR) is 107 cm³/mol. The van der Waals surface area contributed by atoms with Crippen LogP contribution in [0.2, 0.25) is 0 Å². The zero-order chi connectivity index (χ0) is 19.5. The Bertz CT molecular complexity index is 970. The Balaban J connectivity index is 1.46. The Morgan fingerprint density at radius 2 is 2.14 bits per heavy atom. The summed E-state index contributed by atoms with van der Waals surface area (Å²) in [5.74, 6) is -0.330. The fraction of sp³-hybridized carbons (Fsp3) is 0.273. The molecule has 1 atom stereocenters. The Hall–Kier alpha value is -3.15. The summed E-state index contributed by atoms with van der Waals surface area (Å²) in [6, 6.07) is 12.6. The summed E-state index contributed by atoms with van der Waals surface area (Å²) in [6.07, 6.45) is 7.04. The summed E-state index contributed by atoms with van der Waals surface area (Å²) in [5.41, 5.74) is 3.13. The van der Waals surface area contributed by atoms with E-state index in [2.05, 4.69) is 10.3 Å². The Labute approximate surface area is 163 Å². The smallest absolute Gasteiger partial charge is 0.251 e. The first-order chi connectivity index (χ1) is 13.6. The quantitative estimate of drug-likeness (QED) is 0.753. The number of piperidine rings is 1. The highest BCUT2D eigenvalue weighted by atomic mass is 19.1. The Morgan fingerprint density at radius 1 is 1.25 bits per heavy atom. The largest absolute Gasteiger partial charge is 0.367 e. The fourth-order valence-electron chi connectivity index (χ4n) is 3.67. The lowest BCUT2D eigenvalue weighted by molar-refractivity contribution is 0.0933. The number of amides is 1. The zero-order valence-electron chi connectivity index (χ0n) is 15.8. The van der Waals surface area contributed by atoms with E-state index in [0.717, 1.165) is 30.6 Å². The van der Waals surface area contributed by atoms with E-state index in [1.54, 1.807) is 24.7 Å². The lowest BCUT2D eigenvalue weighted by Crippen LogP contribution is -2.48. The number of anilines is 1. The van der Waals surface area contributed by atoms with Crippen LogP contribution in [0.4, 0.5) is 10.1 Å². The van der Waals surface area contributed by atoms with Gasteiger partial charge in [-0.1, -0.05) is 12.1 Å².